The largest absolute Gasteiger partial charge is 0.416 e. The molecule has 4 nitrogen and oxygen atoms in total. The number of nitrogens with zero attached hydrogens (tertiary/aromatic N) is 1. The van der Waals surface area contributed by atoms with E-state index in [9.17, 15) is 22.8 Å². The van der Waals surface area contributed by atoms with Crippen LogP contribution in [-0.4, -0.2) is 17.9 Å². The average molecular weight is 477 g/mol. The summed E-state index contributed by atoms with van der Waals surface area (Å²) >= 11 is 6.44. The summed E-state index contributed by atoms with van der Waals surface area (Å²) in [5.74, 6) is 0.463. The third-order valence-electron chi connectivity index (χ3n) is 5.80. The van der Waals surface area contributed by atoms with Gasteiger partial charge >= 0.3 is 12.1 Å². The van der Waals surface area contributed by atoms with E-state index in [0.717, 1.165) is 49.1 Å². The van der Waals surface area contributed by atoms with Gasteiger partial charge in [-0.2, -0.15) is 13.2 Å². The number of terminal acetylenes is 1. The molecule has 2 amide bonds. The predicted octanol–water partition coefficient (Wildman–Crippen LogP) is 5.82. The fourth-order valence-corrected chi connectivity index (χ4v) is 4.51. The van der Waals surface area contributed by atoms with Crippen molar-refractivity contribution in [1.82, 2.24) is 5.32 Å². The summed E-state index contributed by atoms with van der Waals surface area (Å²) in [4.78, 5) is 27.4. The second-order valence-electron chi connectivity index (χ2n) is 8.08. The van der Waals surface area contributed by atoms with Gasteiger partial charge < -0.3 is 5.32 Å². The van der Waals surface area contributed by atoms with E-state index >= 15 is 0 Å². The third-order valence-corrected chi connectivity index (χ3v) is 6.13. The summed E-state index contributed by atoms with van der Waals surface area (Å²) in [6.07, 6.45) is 5.31. The Morgan fingerprint density at radius 2 is 1.82 bits per heavy atom. The summed E-state index contributed by atoms with van der Waals surface area (Å²) in [6.45, 7) is 1.72. The van der Waals surface area contributed by atoms with Crippen LogP contribution < -0.4 is 10.2 Å². The van der Waals surface area contributed by atoms with Crippen LogP contribution in [0.3, 0.4) is 0 Å². The lowest BCUT2D eigenvalue weighted by Crippen LogP contribution is -2.47. The SMILES string of the molecule is C#CC(=O)N(c1cccc(C(F)(F)F)c1)C(C(=O)NC1CCCCC1)c1c(C)cccc1Cl. The number of nitrogens with one attached hydrogen (secondary N) is 1. The Balaban J connectivity index is 2.15. The highest BCUT2D eigenvalue weighted by Gasteiger charge is 2.37. The first-order chi connectivity index (χ1) is 15.6. The zero-order valence-electron chi connectivity index (χ0n) is 18.1. The van der Waals surface area contributed by atoms with Crippen LogP contribution in [0, 0.1) is 19.3 Å². The standard InChI is InChI=1S/C25H24ClF3N2O2/c1-3-21(32)31(19-13-8-10-17(15-19)25(27,28)29)23(22-16(2)9-7-14-20(22)26)24(33)30-18-11-5-4-6-12-18/h1,7-10,13-15,18,23H,4-6,11-12H2,2H3,(H,30,33). The number of amides is 2. The number of hydrogen-bond donors (Lipinski definition) is 1. The molecule has 0 aliphatic heterocycles. The van der Waals surface area contributed by atoms with Crippen LogP contribution in [0.25, 0.3) is 0 Å². The Labute approximate surface area is 196 Å². The molecule has 33 heavy (non-hydrogen) atoms. The molecular formula is C25H24ClF3N2O2. The normalized spacial score (nSPS) is 15.4. The maximum Gasteiger partial charge on any atom is 0.416 e. The Bertz CT molecular complexity index is 1050. The first-order valence-electron chi connectivity index (χ1n) is 10.7. The number of halogens is 4. The van der Waals surface area contributed by atoms with Crippen molar-refractivity contribution in [3.8, 4) is 12.3 Å². The third kappa shape index (κ3) is 5.69. The van der Waals surface area contributed by atoms with Crippen molar-refractivity contribution >= 4 is 29.1 Å². The average Bonchev–Trinajstić information content (AvgIpc) is 2.78. The van der Waals surface area contributed by atoms with Gasteiger partial charge in [0.2, 0.25) is 5.91 Å². The lowest BCUT2D eigenvalue weighted by Gasteiger charge is -2.33. The number of alkyl halides is 3. The molecule has 1 aliphatic carbocycles. The summed E-state index contributed by atoms with van der Waals surface area (Å²) in [7, 11) is 0. The number of aryl methyl sites for hydroxylation is 1. The Morgan fingerprint density at radius 1 is 1.15 bits per heavy atom. The molecular weight excluding hydrogens is 453 g/mol. The molecule has 0 saturated heterocycles. The minimum atomic E-state index is -4.64. The summed E-state index contributed by atoms with van der Waals surface area (Å²) in [5.41, 5.74) is -0.186. The smallest absolute Gasteiger partial charge is 0.351 e. The van der Waals surface area contributed by atoms with E-state index in [0.29, 0.717) is 11.1 Å². The highest BCUT2D eigenvalue weighted by molar-refractivity contribution is 6.32. The fraction of sp³-hybridized carbons (Fsp3) is 0.360. The van der Waals surface area contributed by atoms with Gasteiger partial charge in [0.05, 0.1) is 5.56 Å². The molecule has 8 heteroatoms. The van der Waals surface area contributed by atoms with Crippen molar-refractivity contribution < 1.29 is 22.8 Å². The molecule has 0 aromatic heterocycles. The highest BCUT2D eigenvalue weighted by atomic mass is 35.5. The van der Waals surface area contributed by atoms with Crippen molar-refractivity contribution in [3.63, 3.8) is 0 Å². The molecule has 1 fully saturated rings. The van der Waals surface area contributed by atoms with E-state index in [1.807, 2.05) is 5.92 Å². The molecule has 0 heterocycles. The maximum absolute atomic E-state index is 13.6. The predicted molar refractivity (Wildman–Crippen MR) is 122 cm³/mol. The highest BCUT2D eigenvalue weighted by Crippen LogP contribution is 2.37. The van der Waals surface area contributed by atoms with Gasteiger partial charge in [0.15, 0.2) is 0 Å². The Kier molecular flexibility index (Phi) is 7.70. The van der Waals surface area contributed by atoms with Gasteiger partial charge in [-0.15, -0.1) is 6.42 Å². The van der Waals surface area contributed by atoms with Gasteiger partial charge in [0.1, 0.15) is 6.04 Å². The maximum atomic E-state index is 13.6. The van der Waals surface area contributed by atoms with Crippen LogP contribution in [0.1, 0.15) is 54.8 Å². The molecule has 174 valence electrons. The minimum absolute atomic E-state index is 0.0964. The lowest BCUT2D eigenvalue weighted by molar-refractivity contribution is -0.137. The van der Waals surface area contributed by atoms with Gasteiger partial charge in [-0.3, -0.25) is 14.5 Å². The zero-order valence-corrected chi connectivity index (χ0v) is 18.8. The van der Waals surface area contributed by atoms with Crippen molar-refractivity contribution in [1.29, 1.82) is 0 Å². The van der Waals surface area contributed by atoms with E-state index in [2.05, 4.69) is 5.32 Å². The van der Waals surface area contributed by atoms with Gasteiger partial charge in [0, 0.05) is 22.3 Å². The van der Waals surface area contributed by atoms with Gasteiger partial charge in [-0.1, -0.05) is 49.1 Å². The van der Waals surface area contributed by atoms with E-state index in [1.165, 1.54) is 12.1 Å². The molecule has 3 rings (SSSR count). The van der Waals surface area contributed by atoms with Crippen molar-refractivity contribution in [3.05, 3.63) is 64.2 Å². The molecule has 1 atom stereocenters. The summed E-state index contributed by atoms with van der Waals surface area (Å²) in [6, 6.07) is 7.72. The number of anilines is 1. The molecule has 1 aliphatic rings. The Hall–Kier alpha value is -2.98. The first kappa shape index (κ1) is 24.7. The van der Waals surface area contributed by atoms with E-state index in [4.69, 9.17) is 18.0 Å². The summed E-state index contributed by atoms with van der Waals surface area (Å²) in [5, 5.41) is 3.17. The number of carbonyl (C=O) groups excluding carboxylic acids is 2. The van der Waals surface area contributed by atoms with E-state index in [1.54, 1.807) is 25.1 Å². The topological polar surface area (TPSA) is 49.4 Å². The second-order valence-corrected chi connectivity index (χ2v) is 8.49. The summed E-state index contributed by atoms with van der Waals surface area (Å²) < 4.78 is 40.2. The first-order valence-corrected chi connectivity index (χ1v) is 11.0. The van der Waals surface area contributed by atoms with E-state index in [-0.39, 0.29) is 16.8 Å². The van der Waals surface area contributed by atoms with Crippen molar-refractivity contribution in [2.75, 3.05) is 4.90 Å². The van der Waals surface area contributed by atoms with Crippen LogP contribution in [-0.2, 0) is 15.8 Å². The number of rotatable bonds is 5. The molecule has 0 spiro atoms. The Morgan fingerprint density at radius 3 is 2.42 bits per heavy atom. The second kappa shape index (κ2) is 10.3. The molecule has 0 bridgehead atoms. The van der Waals surface area contributed by atoms with E-state index < -0.39 is 29.6 Å². The number of hydrogen-bond acceptors (Lipinski definition) is 2. The van der Waals surface area contributed by atoms with Crippen molar-refractivity contribution in [2.45, 2.75) is 57.3 Å². The molecule has 1 unspecified atom stereocenters. The molecule has 1 saturated carbocycles. The van der Waals surface area contributed by atoms with Crippen LogP contribution in [0.15, 0.2) is 42.5 Å². The zero-order chi connectivity index (χ0) is 24.2. The minimum Gasteiger partial charge on any atom is -0.351 e. The lowest BCUT2D eigenvalue weighted by atomic mass is 9.93. The van der Waals surface area contributed by atoms with Gasteiger partial charge in [-0.05, 0) is 55.5 Å². The number of carbonyl (C=O) groups is 2. The van der Waals surface area contributed by atoms with Crippen LogP contribution in [0.2, 0.25) is 5.02 Å². The van der Waals surface area contributed by atoms with Crippen LogP contribution in [0.4, 0.5) is 18.9 Å². The van der Waals surface area contributed by atoms with Gasteiger partial charge in [0.25, 0.3) is 0 Å². The quantitative estimate of drug-likeness (QED) is 0.552. The molecule has 2 aromatic rings. The van der Waals surface area contributed by atoms with Crippen molar-refractivity contribution in [2.24, 2.45) is 0 Å². The molecule has 0 radical (unpaired) electrons. The fourth-order valence-electron chi connectivity index (χ4n) is 4.18. The molecule has 1 N–H and O–H groups in total. The molecule has 2 aromatic carbocycles. The van der Waals surface area contributed by atoms with Crippen LogP contribution in [0.5, 0.6) is 0 Å². The van der Waals surface area contributed by atoms with Crippen LogP contribution >= 0.6 is 11.6 Å². The monoisotopic (exact) mass is 476 g/mol. The van der Waals surface area contributed by atoms with Gasteiger partial charge in [-0.25, -0.2) is 0 Å². The number of benzene rings is 2.